The first-order valence-electron chi connectivity index (χ1n) is 12.8. The molecule has 1 fully saturated rings. The van der Waals surface area contributed by atoms with Crippen LogP contribution in [-0.2, 0) is 0 Å². The SMILES string of the molecule is CCOc1cc2c(cc1OC)[C@@H]1CN(C)CC[C@@H]1N=C2c1ccc(C(=O)N(C(C)C)C(C)C)cc1. The molecule has 2 aromatic rings. The summed E-state index contributed by atoms with van der Waals surface area (Å²) in [6.07, 6.45) is 1.02. The summed E-state index contributed by atoms with van der Waals surface area (Å²) in [5.74, 6) is 1.89. The average molecular weight is 478 g/mol. The lowest BCUT2D eigenvalue weighted by atomic mass is 9.79. The Labute approximate surface area is 209 Å². The molecule has 2 heterocycles. The van der Waals surface area contributed by atoms with Crippen LogP contribution in [0.5, 0.6) is 11.5 Å². The minimum absolute atomic E-state index is 0.0614. The molecule has 0 bridgehead atoms. The smallest absolute Gasteiger partial charge is 0.254 e. The third-order valence-electron chi connectivity index (χ3n) is 7.12. The zero-order chi connectivity index (χ0) is 25.3. The number of carbonyl (C=O) groups is 1. The van der Waals surface area contributed by atoms with Crippen LogP contribution < -0.4 is 9.47 Å². The summed E-state index contributed by atoms with van der Waals surface area (Å²) in [6, 6.07) is 12.7. The van der Waals surface area contributed by atoms with Crippen LogP contribution in [0.1, 0.15) is 74.0 Å². The molecule has 0 aromatic heterocycles. The summed E-state index contributed by atoms with van der Waals surface area (Å²) in [7, 11) is 3.87. The van der Waals surface area contributed by atoms with Crippen molar-refractivity contribution in [3.8, 4) is 11.5 Å². The van der Waals surface area contributed by atoms with Gasteiger partial charge < -0.3 is 19.3 Å². The molecule has 2 aliphatic rings. The highest BCUT2D eigenvalue weighted by atomic mass is 16.5. The number of likely N-dealkylation sites (tertiary alicyclic amines) is 1. The van der Waals surface area contributed by atoms with E-state index < -0.39 is 0 Å². The number of amides is 1. The van der Waals surface area contributed by atoms with Crippen molar-refractivity contribution in [1.82, 2.24) is 9.80 Å². The second-order valence-corrected chi connectivity index (χ2v) is 10.2. The Hall–Kier alpha value is -2.86. The molecule has 2 aliphatic heterocycles. The number of hydrogen-bond donors (Lipinski definition) is 0. The summed E-state index contributed by atoms with van der Waals surface area (Å²) in [5.41, 5.74) is 5.05. The number of nitrogens with zero attached hydrogens (tertiary/aromatic N) is 3. The van der Waals surface area contributed by atoms with Gasteiger partial charge in [0, 0.05) is 41.2 Å². The van der Waals surface area contributed by atoms with Crippen LogP contribution in [0.2, 0.25) is 0 Å². The number of fused-ring (bicyclic) bond motifs is 3. The third kappa shape index (κ3) is 4.94. The fourth-order valence-corrected chi connectivity index (χ4v) is 5.53. The quantitative estimate of drug-likeness (QED) is 0.564. The molecule has 35 heavy (non-hydrogen) atoms. The van der Waals surface area contributed by atoms with E-state index in [0.29, 0.717) is 18.1 Å². The lowest BCUT2D eigenvalue weighted by molar-refractivity contribution is 0.0643. The highest BCUT2D eigenvalue weighted by molar-refractivity contribution is 6.15. The number of ether oxygens (including phenoxy) is 2. The number of benzene rings is 2. The zero-order valence-corrected chi connectivity index (χ0v) is 22.2. The molecule has 188 valence electrons. The van der Waals surface area contributed by atoms with Gasteiger partial charge >= 0.3 is 0 Å². The molecule has 0 aliphatic carbocycles. The summed E-state index contributed by atoms with van der Waals surface area (Å²) in [6.45, 7) is 12.8. The van der Waals surface area contributed by atoms with Crippen LogP contribution in [0, 0.1) is 0 Å². The van der Waals surface area contributed by atoms with Gasteiger partial charge in [-0.15, -0.1) is 0 Å². The molecule has 2 aromatic carbocycles. The summed E-state index contributed by atoms with van der Waals surface area (Å²) >= 11 is 0. The zero-order valence-electron chi connectivity index (χ0n) is 22.2. The number of aliphatic imine (C=N–C) groups is 1. The van der Waals surface area contributed by atoms with Crippen molar-refractivity contribution in [3.05, 3.63) is 58.7 Å². The Balaban J connectivity index is 1.76. The van der Waals surface area contributed by atoms with Crippen LogP contribution in [-0.4, -0.2) is 73.4 Å². The Bertz CT molecular complexity index is 1080. The van der Waals surface area contributed by atoms with Gasteiger partial charge in [-0.2, -0.15) is 0 Å². The number of methoxy groups -OCH3 is 1. The largest absolute Gasteiger partial charge is 0.493 e. The van der Waals surface area contributed by atoms with E-state index in [9.17, 15) is 4.79 Å². The van der Waals surface area contributed by atoms with Crippen molar-refractivity contribution in [3.63, 3.8) is 0 Å². The van der Waals surface area contributed by atoms with E-state index in [1.807, 2.05) is 36.1 Å². The second-order valence-electron chi connectivity index (χ2n) is 10.2. The summed E-state index contributed by atoms with van der Waals surface area (Å²) < 4.78 is 11.6. The van der Waals surface area contributed by atoms with Gasteiger partial charge in [0.25, 0.3) is 5.91 Å². The third-order valence-corrected chi connectivity index (χ3v) is 7.12. The predicted molar refractivity (Wildman–Crippen MR) is 141 cm³/mol. The maximum atomic E-state index is 13.2. The normalized spacial score (nSPS) is 19.7. The van der Waals surface area contributed by atoms with Crippen LogP contribution in [0.25, 0.3) is 0 Å². The minimum atomic E-state index is 0.0614. The lowest BCUT2D eigenvalue weighted by Crippen LogP contribution is -2.42. The Kier molecular flexibility index (Phi) is 7.50. The Morgan fingerprint density at radius 3 is 2.40 bits per heavy atom. The topological polar surface area (TPSA) is 54.4 Å². The van der Waals surface area contributed by atoms with E-state index in [1.165, 1.54) is 5.56 Å². The van der Waals surface area contributed by atoms with Gasteiger partial charge in [0.05, 0.1) is 25.5 Å². The highest BCUT2D eigenvalue weighted by Crippen LogP contribution is 2.42. The molecule has 0 spiro atoms. The van der Waals surface area contributed by atoms with Gasteiger partial charge in [-0.25, -0.2) is 0 Å². The molecule has 6 heteroatoms. The van der Waals surface area contributed by atoms with Crippen molar-refractivity contribution in [2.24, 2.45) is 4.99 Å². The van der Waals surface area contributed by atoms with Crippen LogP contribution in [0.3, 0.4) is 0 Å². The molecular weight excluding hydrogens is 438 g/mol. The highest BCUT2D eigenvalue weighted by Gasteiger charge is 2.36. The molecule has 6 nitrogen and oxygen atoms in total. The molecular formula is C29H39N3O3. The summed E-state index contributed by atoms with van der Waals surface area (Å²) in [5, 5.41) is 0. The lowest BCUT2D eigenvalue weighted by Gasteiger charge is -2.39. The number of hydrogen-bond acceptors (Lipinski definition) is 5. The number of likely N-dealkylation sites (N-methyl/N-ethyl adjacent to an activating group) is 1. The molecule has 0 radical (unpaired) electrons. The molecule has 1 amide bonds. The van der Waals surface area contributed by atoms with Crippen molar-refractivity contribution in [2.75, 3.05) is 33.9 Å². The molecule has 0 N–H and O–H groups in total. The van der Waals surface area contributed by atoms with E-state index in [2.05, 4.69) is 51.8 Å². The van der Waals surface area contributed by atoms with E-state index >= 15 is 0 Å². The maximum Gasteiger partial charge on any atom is 0.254 e. The fraction of sp³-hybridized carbons (Fsp3) is 0.517. The van der Waals surface area contributed by atoms with Crippen molar-refractivity contribution in [2.45, 2.75) is 65.1 Å². The van der Waals surface area contributed by atoms with Crippen molar-refractivity contribution in [1.29, 1.82) is 0 Å². The Morgan fingerprint density at radius 1 is 1.11 bits per heavy atom. The van der Waals surface area contributed by atoms with Gasteiger partial charge in [-0.1, -0.05) is 12.1 Å². The van der Waals surface area contributed by atoms with Crippen LogP contribution in [0.15, 0.2) is 41.4 Å². The van der Waals surface area contributed by atoms with Gasteiger partial charge in [0.2, 0.25) is 0 Å². The number of piperidine rings is 1. The molecule has 0 unspecified atom stereocenters. The van der Waals surface area contributed by atoms with E-state index in [-0.39, 0.29) is 24.0 Å². The number of rotatable bonds is 7. The molecule has 2 atom stereocenters. The first-order chi connectivity index (χ1) is 16.7. The first kappa shape index (κ1) is 25.2. The van der Waals surface area contributed by atoms with Gasteiger partial charge in [0.15, 0.2) is 11.5 Å². The second kappa shape index (κ2) is 10.4. The van der Waals surface area contributed by atoms with E-state index in [0.717, 1.165) is 47.8 Å². The van der Waals surface area contributed by atoms with Crippen molar-refractivity contribution < 1.29 is 14.3 Å². The average Bonchev–Trinajstić information content (AvgIpc) is 2.83. The van der Waals surface area contributed by atoms with Gasteiger partial charge in [0.1, 0.15) is 0 Å². The standard InChI is InChI=1S/C29H39N3O3/c1-8-35-27-16-23-22(15-26(27)34-7)24-17-31(6)14-13-25(24)30-28(23)20-9-11-21(12-10-20)29(33)32(18(2)3)19(4)5/h9-12,15-16,18-19,24-25H,8,13-14,17H2,1-7H3/t24-,25-/m0/s1. The molecule has 1 saturated heterocycles. The minimum Gasteiger partial charge on any atom is -0.493 e. The van der Waals surface area contributed by atoms with E-state index in [1.54, 1.807) is 7.11 Å². The molecule has 4 rings (SSSR count). The monoisotopic (exact) mass is 477 g/mol. The van der Waals surface area contributed by atoms with Crippen LogP contribution in [0.4, 0.5) is 0 Å². The van der Waals surface area contributed by atoms with Crippen LogP contribution >= 0.6 is 0 Å². The van der Waals surface area contributed by atoms with Gasteiger partial charge in [-0.05, 0) is 84.5 Å². The first-order valence-corrected chi connectivity index (χ1v) is 12.8. The molecule has 0 saturated carbocycles. The predicted octanol–water partition coefficient (Wildman–Crippen LogP) is 4.99. The van der Waals surface area contributed by atoms with Gasteiger partial charge in [-0.3, -0.25) is 9.79 Å². The summed E-state index contributed by atoms with van der Waals surface area (Å²) in [4.78, 5) is 22.8. The van der Waals surface area contributed by atoms with E-state index in [4.69, 9.17) is 14.5 Å². The van der Waals surface area contributed by atoms with Crippen molar-refractivity contribution >= 4 is 11.6 Å². The fourth-order valence-electron chi connectivity index (χ4n) is 5.53. The Morgan fingerprint density at radius 2 is 1.80 bits per heavy atom. The number of carbonyl (C=O) groups excluding carboxylic acids is 1. The maximum absolute atomic E-state index is 13.2.